The minimum atomic E-state index is -0.0974. The van der Waals surface area contributed by atoms with Gasteiger partial charge in [0.2, 0.25) is 0 Å². The van der Waals surface area contributed by atoms with Crippen LogP contribution in [0.4, 0.5) is 0 Å². The lowest BCUT2D eigenvalue weighted by molar-refractivity contribution is 0.545. The summed E-state index contributed by atoms with van der Waals surface area (Å²) in [6.07, 6.45) is 0. The van der Waals surface area contributed by atoms with Crippen molar-refractivity contribution in [1.82, 2.24) is 9.97 Å². The van der Waals surface area contributed by atoms with Crippen molar-refractivity contribution in [3.63, 3.8) is 0 Å². The summed E-state index contributed by atoms with van der Waals surface area (Å²) in [5.74, 6) is 0.848. The molecule has 5 heteroatoms. The molecule has 0 aliphatic rings. The zero-order chi connectivity index (χ0) is 14.2. The predicted molar refractivity (Wildman–Crippen MR) is 83.6 cm³/mol. The normalized spacial score (nSPS) is 11.6. The SMILES string of the molecule is CC(C)(C)c1nc(=S)cc(-c2ccc(Cl)c(Cl)c2)[nH]1. The standard InChI is InChI=1S/C14H14Cl2N2S/c1-14(2,3)13-17-11(7-12(19)18-13)8-4-5-9(15)10(16)6-8/h4-7H,1-3H3,(H,17,18,19). The molecule has 0 fully saturated rings. The highest BCUT2D eigenvalue weighted by Crippen LogP contribution is 2.28. The molecule has 0 spiro atoms. The van der Waals surface area contributed by atoms with Crippen LogP contribution in [0, 0.1) is 4.64 Å². The Morgan fingerprint density at radius 1 is 1.11 bits per heavy atom. The Hall–Kier alpha value is -0.900. The molecule has 0 amide bonds. The highest BCUT2D eigenvalue weighted by Gasteiger charge is 2.17. The first-order valence-corrected chi connectivity index (χ1v) is 7.01. The first kappa shape index (κ1) is 14.5. The van der Waals surface area contributed by atoms with Gasteiger partial charge in [-0.25, -0.2) is 4.98 Å². The molecule has 0 aliphatic carbocycles. The molecule has 0 bridgehead atoms. The lowest BCUT2D eigenvalue weighted by Crippen LogP contribution is -2.16. The van der Waals surface area contributed by atoms with Crippen molar-refractivity contribution in [2.75, 3.05) is 0 Å². The van der Waals surface area contributed by atoms with E-state index in [0.29, 0.717) is 14.7 Å². The molecule has 1 heterocycles. The largest absolute Gasteiger partial charge is 0.343 e. The van der Waals surface area contributed by atoms with Gasteiger partial charge in [0.25, 0.3) is 0 Å². The zero-order valence-electron chi connectivity index (χ0n) is 10.9. The Bertz CT molecular complexity index is 672. The Labute approximate surface area is 127 Å². The Balaban J connectivity index is 2.59. The minimum Gasteiger partial charge on any atom is -0.343 e. The summed E-state index contributed by atoms with van der Waals surface area (Å²) >= 11 is 17.2. The lowest BCUT2D eigenvalue weighted by atomic mass is 9.95. The van der Waals surface area contributed by atoms with Crippen molar-refractivity contribution in [3.8, 4) is 11.3 Å². The van der Waals surface area contributed by atoms with Crippen LogP contribution in [0.1, 0.15) is 26.6 Å². The molecule has 0 radical (unpaired) electrons. The Kier molecular flexibility index (Phi) is 4.00. The maximum atomic E-state index is 6.05. The smallest absolute Gasteiger partial charge is 0.130 e. The number of nitrogens with zero attached hydrogens (tertiary/aromatic N) is 1. The Morgan fingerprint density at radius 2 is 1.79 bits per heavy atom. The van der Waals surface area contributed by atoms with Crippen molar-refractivity contribution in [1.29, 1.82) is 0 Å². The van der Waals surface area contributed by atoms with Gasteiger partial charge in [-0.3, -0.25) is 0 Å². The summed E-state index contributed by atoms with van der Waals surface area (Å²) in [7, 11) is 0. The van der Waals surface area contributed by atoms with Crippen LogP contribution < -0.4 is 0 Å². The molecule has 1 aromatic heterocycles. The van der Waals surface area contributed by atoms with Crippen molar-refractivity contribution in [2.45, 2.75) is 26.2 Å². The molecule has 19 heavy (non-hydrogen) atoms. The number of benzene rings is 1. The van der Waals surface area contributed by atoms with E-state index in [1.54, 1.807) is 6.07 Å². The van der Waals surface area contributed by atoms with Gasteiger partial charge in [0.1, 0.15) is 10.5 Å². The maximum Gasteiger partial charge on any atom is 0.130 e. The summed E-state index contributed by atoms with van der Waals surface area (Å²) in [5.41, 5.74) is 1.73. The quantitative estimate of drug-likeness (QED) is 0.713. The molecular weight excluding hydrogens is 299 g/mol. The van der Waals surface area contributed by atoms with Gasteiger partial charge in [-0.15, -0.1) is 0 Å². The molecule has 0 aliphatic heterocycles. The molecular formula is C14H14Cl2N2S. The van der Waals surface area contributed by atoms with Crippen molar-refractivity contribution >= 4 is 35.4 Å². The third kappa shape index (κ3) is 3.35. The van der Waals surface area contributed by atoms with E-state index in [1.165, 1.54) is 0 Å². The van der Waals surface area contributed by atoms with Crippen molar-refractivity contribution < 1.29 is 0 Å². The highest BCUT2D eigenvalue weighted by molar-refractivity contribution is 7.71. The predicted octanol–water partition coefficient (Wildman–Crippen LogP) is 5.41. The molecule has 2 aromatic rings. The topological polar surface area (TPSA) is 28.7 Å². The average molecular weight is 313 g/mol. The lowest BCUT2D eigenvalue weighted by Gasteiger charge is -2.18. The number of H-pyrrole nitrogens is 1. The monoisotopic (exact) mass is 312 g/mol. The second-order valence-electron chi connectivity index (χ2n) is 5.36. The van der Waals surface area contributed by atoms with E-state index >= 15 is 0 Å². The van der Waals surface area contributed by atoms with E-state index in [2.05, 4.69) is 30.7 Å². The van der Waals surface area contributed by atoms with Gasteiger partial charge >= 0.3 is 0 Å². The third-order valence-electron chi connectivity index (χ3n) is 2.68. The van der Waals surface area contributed by atoms with Crippen LogP contribution in [0.25, 0.3) is 11.3 Å². The fraction of sp³-hybridized carbons (Fsp3) is 0.286. The number of aromatic amines is 1. The number of aromatic nitrogens is 2. The maximum absolute atomic E-state index is 6.05. The van der Waals surface area contributed by atoms with Gasteiger partial charge in [-0.05, 0) is 23.8 Å². The Morgan fingerprint density at radius 3 is 2.37 bits per heavy atom. The fourth-order valence-corrected chi connectivity index (χ4v) is 2.14. The average Bonchev–Trinajstić information content (AvgIpc) is 2.31. The minimum absolute atomic E-state index is 0.0974. The number of halogens is 2. The molecule has 1 N–H and O–H groups in total. The van der Waals surface area contributed by atoms with Gasteiger partial charge in [0, 0.05) is 11.1 Å². The van der Waals surface area contributed by atoms with E-state index in [1.807, 2.05) is 18.2 Å². The molecule has 1 aromatic carbocycles. The van der Waals surface area contributed by atoms with Gasteiger partial charge in [0.05, 0.1) is 10.0 Å². The molecule has 0 saturated carbocycles. The summed E-state index contributed by atoms with van der Waals surface area (Å²) in [4.78, 5) is 7.68. The van der Waals surface area contributed by atoms with E-state index in [0.717, 1.165) is 17.1 Å². The number of nitrogens with one attached hydrogen (secondary N) is 1. The number of hydrogen-bond donors (Lipinski definition) is 1. The van der Waals surface area contributed by atoms with Crippen LogP contribution in [0.15, 0.2) is 24.3 Å². The molecule has 0 unspecified atom stereocenters. The van der Waals surface area contributed by atoms with E-state index in [9.17, 15) is 0 Å². The van der Waals surface area contributed by atoms with Crippen LogP contribution in [0.2, 0.25) is 10.0 Å². The fourth-order valence-electron chi connectivity index (χ4n) is 1.63. The van der Waals surface area contributed by atoms with Crippen LogP contribution in [-0.4, -0.2) is 9.97 Å². The van der Waals surface area contributed by atoms with E-state index < -0.39 is 0 Å². The third-order valence-corrected chi connectivity index (χ3v) is 3.63. The molecule has 2 nitrogen and oxygen atoms in total. The molecule has 0 saturated heterocycles. The summed E-state index contributed by atoms with van der Waals surface area (Å²) < 4.78 is 0.560. The first-order valence-electron chi connectivity index (χ1n) is 5.84. The van der Waals surface area contributed by atoms with Crippen molar-refractivity contribution in [3.05, 3.63) is 44.8 Å². The molecule has 2 rings (SSSR count). The first-order chi connectivity index (χ1) is 8.77. The van der Waals surface area contributed by atoms with E-state index in [4.69, 9.17) is 35.4 Å². The summed E-state index contributed by atoms with van der Waals surface area (Å²) in [5, 5.41) is 1.06. The second kappa shape index (κ2) is 5.23. The second-order valence-corrected chi connectivity index (χ2v) is 6.59. The summed E-state index contributed by atoms with van der Waals surface area (Å²) in [6, 6.07) is 7.32. The summed E-state index contributed by atoms with van der Waals surface area (Å²) in [6.45, 7) is 6.25. The van der Waals surface area contributed by atoms with Gasteiger partial charge in [-0.1, -0.05) is 62.3 Å². The van der Waals surface area contributed by atoms with Crippen LogP contribution >= 0.6 is 35.4 Å². The van der Waals surface area contributed by atoms with Gasteiger partial charge in [-0.2, -0.15) is 0 Å². The van der Waals surface area contributed by atoms with Gasteiger partial charge < -0.3 is 4.98 Å². The van der Waals surface area contributed by atoms with Crippen molar-refractivity contribution in [2.24, 2.45) is 0 Å². The molecule has 100 valence electrons. The number of rotatable bonds is 1. The number of hydrogen-bond acceptors (Lipinski definition) is 2. The van der Waals surface area contributed by atoms with E-state index in [-0.39, 0.29) is 5.41 Å². The van der Waals surface area contributed by atoms with Gasteiger partial charge in [0.15, 0.2) is 0 Å². The van der Waals surface area contributed by atoms with Crippen LogP contribution in [0.5, 0.6) is 0 Å². The van der Waals surface area contributed by atoms with Crippen LogP contribution in [0.3, 0.4) is 0 Å². The molecule has 0 atom stereocenters. The zero-order valence-corrected chi connectivity index (χ0v) is 13.2. The highest BCUT2D eigenvalue weighted by atomic mass is 35.5. The van der Waals surface area contributed by atoms with Crippen LogP contribution in [-0.2, 0) is 5.41 Å².